The van der Waals surface area contributed by atoms with Crippen LogP contribution in [0.1, 0.15) is 36.6 Å². The monoisotopic (exact) mass is 606 g/mol. The Morgan fingerprint density at radius 1 is 1.08 bits per heavy atom. The molecule has 0 saturated heterocycles. The predicted molar refractivity (Wildman–Crippen MR) is 153 cm³/mol. The molecule has 1 atom stereocenters. The lowest BCUT2D eigenvalue weighted by Gasteiger charge is -2.25. The normalized spacial score (nSPS) is 15.1. The van der Waals surface area contributed by atoms with Crippen LogP contribution in [0, 0.1) is 5.82 Å². The van der Waals surface area contributed by atoms with Gasteiger partial charge in [-0.2, -0.15) is 0 Å². The molecule has 1 aromatic heterocycles. The van der Waals surface area contributed by atoms with E-state index in [2.05, 4.69) is 15.9 Å². The van der Waals surface area contributed by atoms with E-state index in [-0.39, 0.29) is 17.7 Å². The lowest BCUT2D eigenvalue weighted by Crippen LogP contribution is -2.40. The number of ether oxygens (including phenoxy) is 2. The van der Waals surface area contributed by atoms with Gasteiger partial charge in [0.25, 0.3) is 5.56 Å². The van der Waals surface area contributed by atoms with Crippen LogP contribution < -0.4 is 19.6 Å². The Hall–Kier alpha value is -3.82. The Bertz CT molecular complexity index is 1740. The lowest BCUT2D eigenvalue weighted by molar-refractivity contribution is -0.138. The van der Waals surface area contributed by atoms with E-state index >= 15 is 0 Å². The standard InChI is InChI=1S/C30H24BrFN2O4S/c1-3-37-23-15-10-18(16-22(23)31)17-24-28(35)34-27(20-11-13-21(32)14-12-20)25(29(36)38-4-2)26(33-30(34)39-24)19-8-6-5-7-9-19/h5-17,27H,3-4H2,1-2H3/b24-17-/t27-/m1/s1. The number of halogens is 2. The van der Waals surface area contributed by atoms with Crippen molar-refractivity contribution in [1.29, 1.82) is 0 Å². The van der Waals surface area contributed by atoms with Gasteiger partial charge >= 0.3 is 5.97 Å². The third kappa shape index (κ3) is 5.37. The van der Waals surface area contributed by atoms with Gasteiger partial charge in [-0.15, -0.1) is 0 Å². The van der Waals surface area contributed by atoms with Gasteiger partial charge < -0.3 is 9.47 Å². The van der Waals surface area contributed by atoms with Gasteiger partial charge in [-0.1, -0.05) is 59.9 Å². The highest BCUT2D eigenvalue weighted by molar-refractivity contribution is 9.10. The summed E-state index contributed by atoms with van der Waals surface area (Å²) < 4.78 is 27.6. The van der Waals surface area contributed by atoms with Crippen LogP contribution in [0.2, 0.25) is 0 Å². The quantitative estimate of drug-likeness (QED) is 0.270. The third-order valence-electron chi connectivity index (χ3n) is 6.11. The highest BCUT2D eigenvalue weighted by Crippen LogP contribution is 2.35. The van der Waals surface area contributed by atoms with Crippen molar-refractivity contribution in [1.82, 2.24) is 4.57 Å². The van der Waals surface area contributed by atoms with Crippen molar-refractivity contribution in [3.8, 4) is 5.75 Å². The van der Waals surface area contributed by atoms with Gasteiger partial charge in [-0.25, -0.2) is 14.2 Å². The Labute approximate surface area is 236 Å². The number of carbonyl (C=O) groups is 1. The molecule has 0 saturated carbocycles. The van der Waals surface area contributed by atoms with Crippen molar-refractivity contribution in [3.63, 3.8) is 0 Å². The molecule has 0 fully saturated rings. The van der Waals surface area contributed by atoms with Crippen LogP contribution >= 0.6 is 27.3 Å². The summed E-state index contributed by atoms with van der Waals surface area (Å²) in [4.78, 5) is 32.6. The molecule has 4 aromatic rings. The molecule has 1 aliphatic heterocycles. The van der Waals surface area contributed by atoms with Gasteiger partial charge in [0.15, 0.2) is 4.80 Å². The van der Waals surface area contributed by atoms with Crippen LogP contribution in [0.15, 0.2) is 92.6 Å². The van der Waals surface area contributed by atoms with E-state index in [0.29, 0.717) is 38.5 Å². The highest BCUT2D eigenvalue weighted by Gasteiger charge is 2.35. The lowest BCUT2D eigenvalue weighted by atomic mass is 9.93. The number of fused-ring (bicyclic) bond motifs is 1. The molecule has 2 heterocycles. The average Bonchev–Trinajstić information content (AvgIpc) is 3.25. The van der Waals surface area contributed by atoms with Crippen LogP contribution in [0.25, 0.3) is 11.8 Å². The second-order valence-corrected chi connectivity index (χ2v) is 10.5. The Kier molecular flexibility index (Phi) is 7.90. The van der Waals surface area contributed by atoms with E-state index in [1.165, 1.54) is 28.0 Å². The molecule has 3 aromatic carbocycles. The summed E-state index contributed by atoms with van der Waals surface area (Å²) >= 11 is 4.75. The van der Waals surface area contributed by atoms with Gasteiger partial charge in [-0.3, -0.25) is 9.36 Å². The van der Waals surface area contributed by atoms with Crippen LogP contribution in [0.3, 0.4) is 0 Å². The van der Waals surface area contributed by atoms with Crippen molar-refractivity contribution in [2.75, 3.05) is 13.2 Å². The van der Waals surface area contributed by atoms with Crippen LogP contribution in [-0.2, 0) is 9.53 Å². The van der Waals surface area contributed by atoms with Crippen molar-refractivity contribution >= 4 is 45.0 Å². The molecule has 0 bridgehead atoms. The molecule has 9 heteroatoms. The molecule has 0 amide bonds. The van der Waals surface area contributed by atoms with E-state index in [1.54, 1.807) is 25.1 Å². The third-order valence-corrected chi connectivity index (χ3v) is 7.72. The number of hydrogen-bond donors (Lipinski definition) is 0. The largest absolute Gasteiger partial charge is 0.493 e. The maximum absolute atomic E-state index is 13.9. The molecule has 39 heavy (non-hydrogen) atoms. The second kappa shape index (κ2) is 11.5. The number of thiazole rings is 1. The van der Waals surface area contributed by atoms with E-state index in [9.17, 15) is 14.0 Å². The summed E-state index contributed by atoms with van der Waals surface area (Å²) in [5.74, 6) is -0.296. The minimum absolute atomic E-state index is 0.150. The number of carbonyl (C=O) groups excluding carboxylic acids is 1. The van der Waals surface area contributed by atoms with E-state index in [0.717, 1.165) is 10.0 Å². The van der Waals surface area contributed by atoms with Gasteiger partial charge in [-0.05, 0) is 71.2 Å². The zero-order valence-electron chi connectivity index (χ0n) is 21.2. The van der Waals surface area contributed by atoms with Gasteiger partial charge in [0.05, 0.1) is 39.5 Å². The van der Waals surface area contributed by atoms with Crippen LogP contribution in [0.4, 0.5) is 4.39 Å². The first-order valence-corrected chi connectivity index (χ1v) is 14.0. The summed E-state index contributed by atoms with van der Waals surface area (Å²) in [6.45, 7) is 4.31. The number of benzene rings is 3. The molecule has 0 N–H and O–H groups in total. The second-order valence-electron chi connectivity index (χ2n) is 8.61. The predicted octanol–water partition coefficient (Wildman–Crippen LogP) is 5.24. The molecule has 0 unspecified atom stereocenters. The molecule has 0 aliphatic carbocycles. The summed E-state index contributed by atoms with van der Waals surface area (Å²) in [5.41, 5.74) is 2.39. The number of hydrogen-bond acceptors (Lipinski definition) is 6. The summed E-state index contributed by atoms with van der Waals surface area (Å²) in [6.07, 6.45) is 1.78. The van der Waals surface area contributed by atoms with E-state index in [4.69, 9.17) is 14.5 Å². The number of esters is 1. The Morgan fingerprint density at radius 3 is 2.49 bits per heavy atom. The maximum Gasteiger partial charge on any atom is 0.338 e. The highest BCUT2D eigenvalue weighted by atomic mass is 79.9. The molecular formula is C30H24BrFN2O4S. The van der Waals surface area contributed by atoms with Gasteiger partial charge in [0.1, 0.15) is 11.6 Å². The van der Waals surface area contributed by atoms with E-state index < -0.39 is 17.8 Å². The van der Waals surface area contributed by atoms with E-state index in [1.807, 2.05) is 55.5 Å². The van der Waals surface area contributed by atoms with Crippen molar-refractivity contribution < 1.29 is 18.7 Å². The van der Waals surface area contributed by atoms with Gasteiger partial charge in [0, 0.05) is 5.56 Å². The fraction of sp³-hybridized carbons (Fsp3) is 0.167. The fourth-order valence-corrected chi connectivity index (χ4v) is 5.94. The topological polar surface area (TPSA) is 69.9 Å². The van der Waals surface area contributed by atoms with Crippen LogP contribution in [0.5, 0.6) is 5.75 Å². The maximum atomic E-state index is 13.9. The zero-order chi connectivity index (χ0) is 27.5. The minimum Gasteiger partial charge on any atom is -0.493 e. The number of rotatable bonds is 7. The Morgan fingerprint density at radius 2 is 1.82 bits per heavy atom. The first kappa shape index (κ1) is 26.8. The van der Waals surface area contributed by atoms with Crippen molar-refractivity contribution in [2.45, 2.75) is 19.9 Å². The molecule has 198 valence electrons. The average molecular weight is 608 g/mol. The summed E-state index contributed by atoms with van der Waals surface area (Å²) in [7, 11) is 0. The first-order valence-electron chi connectivity index (χ1n) is 12.4. The molecular weight excluding hydrogens is 583 g/mol. The zero-order valence-corrected chi connectivity index (χ0v) is 23.6. The van der Waals surface area contributed by atoms with Crippen molar-refractivity contribution in [3.05, 3.63) is 125 Å². The molecule has 0 radical (unpaired) electrons. The first-order chi connectivity index (χ1) is 18.9. The van der Waals surface area contributed by atoms with Crippen molar-refractivity contribution in [2.24, 2.45) is 4.99 Å². The molecule has 0 spiro atoms. The van der Waals surface area contributed by atoms with Gasteiger partial charge in [0.2, 0.25) is 0 Å². The molecule has 5 rings (SSSR count). The summed E-state index contributed by atoms with van der Waals surface area (Å²) in [5, 5.41) is 0. The minimum atomic E-state index is -0.856. The molecule has 6 nitrogen and oxygen atoms in total. The SMILES string of the molecule is CCOC(=O)C1=C(c2ccccc2)N=c2s/c(=C\c3ccc(OCC)c(Br)c3)c(=O)n2[C@@H]1c1ccc(F)cc1. The Balaban J connectivity index is 1.77. The summed E-state index contributed by atoms with van der Waals surface area (Å²) in [6, 6.07) is 19.8. The fourth-order valence-electron chi connectivity index (χ4n) is 4.43. The smallest absolute Gasteiger partial charge is 0.338 e. The molecule has 1 aliphatic rings. The number of nitrogens with zero attached hydrogens (tertiary/aromatic N) is 2. The number of aromatic nitrogens is 1. The van der Waals surface area contributed by atoms with Crippen LogP contribution in [-0.4, -0.2) is 23.8 Å².